The summed E-state index contributed by atoms with van der Waals surface area (Å²) in [6.07, 6.45) is 3.23. The highest BCUT2D eigenvalue weighted by Gasteiger charge is 2.36. The van der Waals surface area contributed by atoms with Gasteiger partial charge in [0.1, 0.15) is 6.61 Å². The summed E-state index contributed by atoms with van der Waals surface area (Å²) in [5.74, 6) is 0.939. The van der Waals surface area contributed by atoms with Crippen molar-refractivity contribution in [2.45, 2.75) is 38.3 Å². The van der Waals surface area contributed by atoms with E-state index in [9.17, 15) is 9.18 Å². The number of ether oxygens (including phenoxy) is 3. The van der Waals surface area contributed by atoms with Crippen LogP contribution in [0, 0.1) is 0 Å². The summed E-state index contributed by atoms with van der Waals surface area (Å²) in [5.41, 5.74) is 1.10. The van der Waals surface area contributed by atoms with E-state index in [1.807, 2.05) is 37.4 Å². The van der Waals surface area contributed by atoms with Gasteiger partial charge in [-0.2, -0.15) is 0 Å². The van der Waals surface area contributed by atoms with Crippen LogP contribution in [0.15, 0.2) is 54.4 Å². The molecule has 0 heterocycles. The molecule has 0 saturated heterocycles. The van der Waals surface area contributed by atoms with E-state index in [2.05, 4.69) is 17.1 Å². The molecule has 1 atom stereocenters. The van der Waals surface area contributed by atoms with E-state index in [1.165, 1.54) is 14.2 Å². The van der Waals surface area contributed by atoms with Crippen LogP contribution < -0.4 is 19.5 Å². The molecule has 0 spiro atoms. The van der Waals surface area contributed by atoms with Crippen LogP contribution in [0.4, 0.5) is 4.39 Å². The highest BCUT2D eigenvalue weighted by atomic mass is 19.1. The Balaban J connectivity index is 1.77. The molecule has 1 N–H and O–H groups in total. The minimum Gasteiger partial charge on any atom is -0.493 e. The number of carbonyl (C=O) groups is 1. The summed E-state index contributed by atoms with van der Waals surface area (Å²) in [4.78, 5) is 15.2. The van der Waals surface area contributed by atoms with Gasteiger partial charge in [0.2, 0.25) is 5.75 Å². The Morgan fingerprint density at radius 3 is 2.36 bits per heavy atom. The Bertz CT molecular complexity index is 955. The van der Waals surface area contributed by atoms with Gasteiger partial charge in [-0.25, -0.2) is 4.39 Å². The van der Waals surface area contributed by atoms with Gasteiger partial charge >= 0.3 is 0 Å². The van der Waals surface area contributed by atoms with E-state index in [0.29, 0.717) is 55.2 Å². The molecule has 6 nitrogen and oxygen atoms in total. The second-order valence-corrected chi connectivity index (χ2v) is 8.26. The Kier molecular flexibility index (Phi) is 8.33. The minimum absolute atomic E-state index is 0.0815. The molecule has 1 aliphatic rings. The van der Waals surface area contributed by atoms with E-state index in [0.717, 1.165) is 12.1 Å². The molecule has 0 fully saturated rings. The van der Waals surface area contributed by atoms with Crippen molar-refractivity contribution in [2.24, 2.45) is 0 Å². The number of benzene rings is 2. The summed E-state index contributed by atoms with van der Waals surface area (Å²) in [5, 5.41) is 3.04. The molecule has 2 aromatic carbocycles. The lowest BCUT2D eigenvalue weighted by molar-refractivity contribution is 0.0823. The summed E-state index contributed by atoms with van der Waals surface area (Å²) in [6.45, 7) is 3.62. The number of nitrogens with zero attached hydrogens (tertiary/aromatic N) is 1. The van der Waals surface area contributed by atoms with Crippen molar-refractivity contribution < 1.29 is 23.4 Å². The Labute approximate surface area is 195 Å². The van der Waals surface area contributed by atoms with Crippen LogP contribution in [0.2, 0.25) is 0 Å². The molecule has 2 aromatic rings. The fraction of sp³-hybridized carbons (Fsp3) is 0.423. The third-order valence-electron chi connectivity index (χ3n) is 6.34. The second-order valence-electron chi connectivity index (χ2n) is 8.26. The van der Waals surface area contributed by atoms with Gasteiger partial charge in [-0.15, -0.1) is 0 Å². The van der Waals surface area contributed by atoms with E-state index in [-0.39, 0.29) is 17.3 Å². The van der Waals surface area contributed by atoms with E-state index in [1.54, 1.807) is 18.2 Å². The van der Waals surface area contributed by atoms with Crippen LogP contribution in [0.5, 0.6) is 17.2 Å². The quantitative estimate of drug-likeness (QED) is 0.560. The van der Waals surface area contributed by atoms with Gasteiger partial charge in [-0.3, -0.25) is 9.69 Å². The first-order valence-electron chi connectivity index (χ1n) is 11.2. The fourth-order valence-corrected chi connectivity index (χ4v) is 4.06. The first-order valence-corrected chi connectivity index (χ1v) is 11.2. The molecule has 178 valence electrons. The Morgan fingerprint density at radius 1 is 1.15 bits per heavy atom. The number of hydrogen-bond acceptors (Lipinski definition) is 5. The van der Waals surface area contributed by atoms with Gasteiger partial charge in [0.25, 0.3) is 5.91 Å². The molecule has 0 saturated carbocycles. The Hall–Kier alpha value is -3.06. The van der Waals surface area contributed by atoms with Crippen LogP contribution in [0.25, 0.3) is 0 Å². The maximum Gasteiger partial charge on any atom is 0.251 e. The predicted molar refractivity (Wildman–Crippen MR) is 127 cm³/mol. The molecule has 3 rings (SSSR count). The summed E-state index contributed by atoms with van der Waals surface area (Å²) in [7, 11) is 5.06. The molecule has 1 aliphatic carbocycles. The van der Waals surface area contributed by atoms with Crippen molar-refractivity contribution in [2.75, 3.05) is 34.4 Å². The number of methoxy groups -OCH3 is 2. The van der Waals surface area contributed by atoms with E-state index >= 15 is 0 Å². The number of rotatable bonds is 10. The SMILES string of the molecule is CCN(C)C1(CNC(=O)c2cc(OC)c(OCc3ccccc3)c(OC)c2)CC=C(F)CC1. The normalized spacial score (nSPS) is 17.9. The maximum atomic E-state index is 13.6. The van der Waals surface area contributed by atoms with Crippen LogP contribution >= 0.6 is 0 Å². The van der Waals surface area contributed by atoms with E-state index in [4.69, 9.17) is 14.2 Å². The molecule has 0 aromatic heterocycles. The zero-order valence-electron chi connectivity index (χ0n) is 19.8. The van der Waals surface area contributed by atoms with E-state index < -0.39 is 0 Å². The van der Waals surface area contributed by atoms with Crippen molar-refractivity contribution in [1.29, 1.82) is 0 Å². The summed E-state index contributed by atoms with van der Waals surface area (Å²) in [6, 6.07) is 13.1. The van der Waals surface area contributed by atoms with Crippen molar-refractivity contribution in [3.63, 3.8) is 0 Å². The standard InChI is InChI=1S/C26H33FN2O4/c1-5-29(2)26(13-11-21(27)12-14-26)18-28-25(30)20-15-22(31-3)24(23(16-20)32-4)33-17-19-9-7-6-8-10-19/h6-11,15-16H,5,12-14,17-18H2,1-4H3,(H,28,30). The fourth-order valence-electron chi connectivity index (χ4n) is 4.06. The lowest BCUT2D eigenvalue weighted by Gasteiger charge is -2.43. The van der Waals surface area contributed by atoms with Crippen LogP contribution in [0.3, 0.4) is 0 Å². The summed E-state index contributed by atoms with van der Waals surface area (Å²) >= 11 is 0. The third-order valence-corrected chi connectivity index (χ3v) is 6.34. The van der Waals surface area contributed by atoms with Crippen molar-refractivity contribution >= 4 is 5.91 Å². The first-order chi connectivity index (χ1) is 15.9. The number of likely N-dealkylation sites (N-methyl/N-ethyl adjacent to an activating group) is 1. The smallest absolute Gasteiger partial charge is 0.251 e. The van der Waals surface area contributed by atoms with Crippen LogP contribution in [-0.2, 0) is 6.61 Å². The average Bonchev–Trinajstić information content (AvgIpc) is 2.86. The molecule has 7 heteroatoms. The van der Waals surface area contributed by atoms with Crippen molar-refractivity contribution in [3.8, 4) is 17.2 Å². The second kappa shape index (κ2) is 11.2. The largest absolute Gasteiger partial charge is 0.493 e. The molecule has 0 radical (unpaired) electrons. The molecule has 1 unspecified atom stereocenters. The number of allylic oxidation sites excluding steroid dienone is 1. The lowest BCUT2D eigenvalue weighted by Crippen LogP contribution is -2.54. The monoisotopic (exact) mass is 456 g/mol. The number of hydrogen-bond donors (Lipinski definition) is 1. The molecule has 33 heavy (non-hydrogen) atoms. The van der Waals surface area contributed by atoms with Gasteiger partial charge in [-0.05, 0) is 44.1 Å². The Morgan fingerprint density at radius 2 is 1.82 bits per heavy atom. The maximum absolute atomic E-state index is 13.6. The number of halogens is 1. The van der Waals surface area contributed by atoms with Gasteiger partial charge in [0, 0.05) is 24.1 Å². The average molecular weight is 457 g/mol. The van der Waals surface area contributed by atoms with Gasteiger partial charge < -0.3 is 19.5 Å². The highest BCUT2D eigenvalue weighted by Crippen LogP contribution is 2.39. The topological polar surface area (TPSA) is 60.0 Å². The number of nitrogens with one attached hydrogen (secondary N) is 1. The molecular weight excluding hydrogens is 423 g/mol. The zero-order chi connectivity index (χ0) is 23.8. The lowest BCUT2D eigenvalue weighted by atomic mass is 9.83. The molecule has 0 bridgehead atoms. The molecular formula is C26H33FN2O4. The first kappa shape index (κ1) is 24.6. The van der Waals surface area contributed by atoms with Crippen molar-refractivity contribution in [1.82, 2.24) is 10.2 Å². The van der Waals surface area contributed by atoms with Gasteiger partial charge in [0.15, 0.2) is 11.5 Å². The number of carbonyl (C=O) groups excluding carboxylic acids is 1. The van der Waals surface area contributed by atoms with Gasteiger partial charge in [0.05, 0.1) is 20.0 Å². The molecule has 1 amide bonds. The third kappa shape index (κ3) is 5.85. The minimum atomic E-state index is -0.313. The van der Waals surface area contributed by atoms with Crippen LogP contribution in [-0.4, -0.2) is 50.7 Å². The number of amides is 1. The van der Waals surface area contributed by atoms with Crippen molar-refractivity contribution in [3.05, 3.63) is 65.5 Å². The highest BCUT2D eigenvalue weighted by molar-refractivity contribution is 5.95. The van der Waals surface area contributed by atoms with Gasteiger partial charge in [-0.1, -0.05) is 43.3 Å². The zero-order valence-corrected chi connectivity index (χ0v) is 19.8. The summed E-state index contributed by atoms with van der Waals surface area (Å²) < 4.78 is 30.6. The molecule has 0 aliphatic heterocycles. The predicted octanol–water partition coefficient (Wildman–Crippen LogP) is 4.74. The van der Waals surface area contributed by atoms with Crippen LogP contribution in [0.1, 0.15) is 42.1 Å².